The van der Waals surface area contributed by atoms with E-state index in [-0.39, 0.29) is 12.1 Å². The maximum Gasteiger partial charge on any atom is 0.148 e. The topological polar surface area (TPSA) is 65.5 Å². The van der Waals surface area contributed by atoms with Gasteiger partial charge in [-0.05, 0) is 38.0 Å². The van der Waals surface area contributed by atoms with Crippen molar-refractivity contribution < 1.29 is 14.2 Å². The maximum atomic E-state index is 6.50. The number of halogens is 1. The SMILES string of the molecule is CCO[C@@H]1COC[C@@H]1Nc1nc(CC)c(-c2ccc(OC)cc2Cl)nc1CC. The summed E-state index contributed by atoms with van der Waals surface area (Å²) in [5.41, 5.74) is 3.49. The quantitative estimate of drug-likeness (QED) is 0.711. The van der Waals surface area contributed by atoms with E-state index in [1.54, 1.807) is 13.2 Å². The number of aryl methyl sites for hydroxylation is 2. The van der Waals surface area contributed by atoms with Gasteiger partial charge in [-0.1, -0.05) is 25.4 Å². The standard InChI is InChI=1S/C21H28ClN3O3/c1-5-16-20(14-9-8-13(26-4)10-15(14)22)23-17(6-2)21(24-16)25-18-11-27-12-19(18)28-7-3/h8-10,18-19H,5-7,11-12H2,1-4H3,(H,24,25)/t18-,19+/m0/s1. The van der Waals surface area contributed by atoms with Crippen molar-refractivity contribution in [2.75, 3.05) is 32.2 Å². The number of aromatic nitrogens is 2. The lowest BCUT2D eigenvalue weighted by Crippen LogP contribution is -2.35. The highest BCUT2D eigenvalue weighted by Crippen LogP contribution is 2.33. The first-order chi connectivity index (χ1) is 13.6. The number of benzene rings is 1. The van der Waals surface area contributed by atoms with Crippen LogP contribution >= 0.6 is 11.6 Å². The lowest BCUT2D eigenvalue weighted by Gasteiger charge is -2.22. The Balaban J connectivity index is 1.96. The molecule has 2 atom stereocenters. The normalized spacial score (nSPS) is 19.0. The Morgan fingerprint density at radius 3 is 2.57 bits per heavy atom. The number of hydrogen-bond acceptors (Lipinski definition) is 6. The average Bonchev–Trinajstić information content (AvgIpc) is 3.14. The van der Waals surface area contributed by atoms with E-state index in [9.17, 15) is 0 Å². The molecule has 1 N–H and O–H groups in total. The lowest BCUT2D eigenvalue weighted by atomic mass is 10.1. The Morgan fingerprint density at radius 1 is 1.14 bits per heavy atom. The van der Waals surface area contributed by atoms with E-state index in [0.717, 1.165) is 47.1 Å². The first-order valence-corrected chi connectivity index (χ1v) is 10.2. The fraction of sp³-hybridized carbons (Fsp3) is 0.524. The first-order valence-electron chi connectivity index (χ1n) is 9.80. The van der Waals surface area contributed by atoms with Gasteiger partial charge in [0.15, 0.2) is 0 Å². The lowest BCUT2D eigenvalue weighted by molar-refractivity contribution is 0.0478. The Kier molecular flexibility index (Phi) is 7.10. The number of ether oxygens (including phenoxy) is 3. The van der Waals surface area contributed by atoms with Gasteiger partial charge in [0.25, 0.3) is 0 Å². The predicted molar refractivity (Wildman–Crippen MR) is 111 cm³/mol. The highest BCUT2D eigenvalue weighted by atomic mass is 35.5. The van der Waals surface area contributed by atoms with E-state index in [1.807, 2.05) is 19.1 Å². The van der Waals surface area contributed by atoms with Gasteiger partial charge in [0.2, 0.25) is 0 Å². The molecule has 0 spiro atoms. The zero-order valence-corrected chi connectivity index (χ0v) is 17.7. The van der Waals surface area contributed by atoms with Crippen LogP contribution in [0.25, 0.3) is 11.3 Å². The van der Waals surface area contributed by atoms with Gasteiger partial charge in [0.05, 0.1) is 48.5 Å². The Morgan fingerprint density at radius 2 is 1.93 bits per heavy atom. The van der Waals surface area contributed by atoms with Crippen molar-refractivity contribution >= 4 is 17.4 Å². The van der Waals surface area contributed by atoms with Gasteiger partial charge in [-0.15, -0.1) is 0 Å². The van der Waals surface area contributed by atoms with E-state index in [4.69, 9.17) is 35.8 Å². The molecule has 1 aromatic heterocycles. The van der Waals surface area contributed by atoms with Crippen LogP contribution in [0.5, 0.6) is 5.75 Å². The van der Waals surface area contributed by atoms with Crippen molar-refractivity contribution in [3.8, 4) is 17.0 Å². The number of nitrogens with one attached hydrogen (secondary N) is 1. The summed E-state index contributed by atoms with van der Waals surface area (Å²) in [6, 6.07) is 5.70. The summed E-state index contributed by atoms with van der Waals surface area (Å²) in [5.74, 6) is 1.52. The number of methoxy groups -OCH3 is 1. The molecule has 1 fully saturated rings. The minimum absolute atomic E-state index is 0.0253. The molecule has 0 saturated carbocycles. The van der Waals surface area contributed by atoms with Crippen LogP contribution in [0, 0.1) is 0 Å². The summed E-state index contributed by atoms with van der Waals surface area (Å²) in [5, 5.41) is 4.11. The summed E-state index contributed by atoms with van der Waals surface area (Å²) < 4.78 is 16.6. The molecule has 1 saturated heterocycles. The summed E-state index contributed by atoms with van der Waals surface area (Å²) in [6.45, 7) is 8.00. The van der Waals surface area contributed by atoms with Crippen molar-refractivity contribution in [1.29, 1.82) is 0 Å². The minimum Gasteiger partial charge on any atom is -0.497 e. The second kappa shape index (κ2) is 9.54. The van der Waals surface area contributed by atoms with E-state index < -0.39 is 0 Å². The molecule has 28 heavy (non-hydrogen) atoms. The summed E-state index contributed by atoms with van der Waals surface area (Å²) in [6.07, 6.45) is 1.53. The predicted octanol–water partition coefficient (Wildman–Crippen LogP) is 4.15. The molecule has 0 aliphatic carbocycles. The van der Waals surface area contributed by atoms with Crippen LogP contribution in [-0.4, -0.2) is 49.0 Å². The minimum atomic E-state index is 0.0253. The van der Waals surface area contributed by atoms with Crippen LogP contribution in [0.15, 0.2) is 18.2 Å². The Bertz CT molecular complexity index is 816. The van der Waals surface area contributed by atoms with E-state index in [1.165, 1.54) is 0 Å². The van der Waals surface area contributed by atoms with Crippen molar-refractivity contribution in [3.63, 3.8) is 0 Å². The highest BCUT2D eigenvalue weighted by molar-refractivity contribution is 6.33. The fourth-order valence-electron chi connectivity index (χ4n) is 3.37. The molecule has 1 aliphatic heterocycles. The van der Waals surface area contributed by atoms with Gasteiger partial charge in [0.1, 0.15) is 17.7 Å². The van der Waals surface area contributed by atoms with Gasteiger partial charge in [-0.25, -0.2) is 9.97 Å². The van der Waals surface area contributed by atoms with Gasteiger partial charge < -0.3 is 19.5 Å². The zero-order valence-electron chi connectivity index (χ0n) is 16.9. The summed E-state index contributed by atoms with van der Waals surface area (Å²) in [4.78, 5) is 9.84. The molecule has 7 heteroatoms. The largest absolute Gasteiger partial charge is 0.497 e. The second-order valence-electron chi connectivity index (χ2n) is 6.65. The maximum absolute atomic E-state index is 6.50. The van der Waals surface area contributed by atoms with Crippen LogP contribution in [0.4, 0.5) is 5.82 Å². The molecule has 2 aromatic rings. The smallest absolute Gasteiger partial charge is 0.148 e. The molecule has 0 amide bonds. The third-order valence-electron chi connectivity index (χ3n) is 4.87. The highest BCUT2D eigenvalue weighted by Gasteiger charge is 2.30. The van der Waals surface area contributed by atoms with Crippen LogP contribution < -0.4 is 10.1 Å². The van der Waals surface area contributed by atoms with E-state index in [2.05, 4.69) is 19.2 Å². The monoisotopic (exact) mass is 405 g/mol. The molecule has 3 rings (SSSR count). The number of hydrogen-bond donors (Lipinski definition) is 1. The zero-order chi connectivity index (χ0) is 20.1. The summed E-state index contributed by atoms with van der Waals surface area (Å²) in [7, 11) is 1.63. The van der Waals surface area contributed by atoms with E-state index >= 15 is 0 Å². The van der Waals surface area contributed by atoms with E-state index in [0.29, 0.717) is 24.8 Å². The first kappa shape index (κ1) is 20.8. The third kappa shape index (κ3) is 4.40. The molecule has 1 aromatic carbocycles. The molecule has 152 valence electrons. The van der Waals surface area contributed by atoms with Crippen LogP contribution in [-0.2, 0) is 22.3 Å². The fourth-order valence-corrected chi connectivity index (χ4v) is 3.63. The number of anilines is 1. The third-order valence-corrected chi connectivity index (χ3v) is 5.19. The van der Waals surface area contributed by atoms with Gasteiger partial charge in [-0.2, -0.15) is 0 Å². The van der Waals surface area contributed by atoms with Gasteiger partial charge in [0, 0.05) is 12.2 Å². The molecule has 1 aliphatic rings. The molecule has 6 nitrogen and oxygen atoms in total. The molecular weight excluding hydrogens is 378 g/mol. The van der Waals surface area contributed by atoms with Crippen molar-refractivity contribution in [2.45, 2.75) is 45.8 Å². The van der Waals surface area contributed by atoms with Crippen molar-refractivity contribution in [2.24, 2.45) is 0 Å². The van der Waals surface area contributed by atoms with Crippen LogP contribution in [0.2, 0.25) is 5.02 Å². The molecular formula is C21H28ClN3O3. The van der Waals surface area contributed by atoms with Crippen LogP contribution in [0.1, 0.15) is 32.2 Å². The Labute approximate surface area is 171 Å². The van der Waals surface area contributed by atoms with Crippen molar-refractivity contribution in [1.82, 2.24) is 9.97 Å². The average molecular weight is 406 g/mol. The summed E-state index contributed by atoms with van der Waals surface area (Å²) >= 11 is 6.50. The second-order valence-corrected chi connectivity index (χ2v) is 7.06. The van der Waals surface area contributed by atoms with Crippen LogP contribution in [0.3, 0.4) is 0 Å². The van der Waals surface area contributed by atoms with Gasteiger partial charge >= 0.3 is 0 Å². The molecule has 2 heterocycles. The van der Waals surface area contributed by atoms with Gasteiger partial charge in [-0.3, -0.25) is 0 Å². The number of nitrogens with zero attached hydrogens (tertiary/aromatic N) is 2. The molecule has 0 unspecified atom stereocenters. The van der Waals surface area contributed by atoms with Crippen molar-refractivity contribution in [3.05, 3.63) is 34.6 Å². The Hall–Kier alpha value is -1.89. The molecule has 0 radical (unpaired) electrons. The molecule has 0 bridgehead atoms. The number of rotatable bonds is 8.